The molecule has 2 heteroatoms. The Labute approximate surface area is 321 Å². The van der Waals surface area contributed by atoms with Crippen LogP contribution in [0.5, 0.6) is 0 Å². The lowest BCUT2D eigenvalue weighted by Gasteiger charge is -2.46. The molecule has 0 amide bonds. The van der Waals surface area contributed by atoms with Crippen LogP contribution in [-0.4, -0.2) is 0 Å². The molecule has 0 unspecified atom stereocenters. The van der Waals surface area contributed by atoms with E-state index < -0.39 is 0 Å². The molecule has 2 spiro atoms. The van der Waals surface area contributed by atoms with Crippen LogP contribution in [0.1, 0.15) is 61.8 Å². The van der Waals surface area contributed by atoms with E-state index in [4.69, 9.17) is 0 Å². The summed E-state index contributed by atoms with van der Waals surface area (Å²) in [5.41, 5.74) is 15.4. The summed E-state index contributed by atoms with van der Waals surface area (Å²) in [6, 6.07) is 57.4. The van der Waals surface area contributed by atoms with E-state index in [0.717, 1.165) is 25.7 Å². The molecule has 0 aliphatic heterocycles. The van der Waals surface area contributed by atoms with Gasteiger partial charge in [-0.15, -0.1) is 11.3 Å². The maximum atomic E-state index is 2.57. The Kier molecular flexibility index (Phi) is 7.01. The molecular formula is C52H41NS. The van der Waals surface area contributed by atoms with E-state index in [1.165, 1.54) is 92.5 Å². The first-order valence-electron chi connectivity index (χ1n) is 19.5. The molecule has 1 fully saturated rings. The standard InChI is InChI=1S/C52H41NS/c1-3-13-44-34(2)38-16-6-9-20-45(38)51(44)28-30-52(31-29-51)46-21-10-7-18-40(46)41-26-24-36(32-47(41)52)53(48-22-12-15-35-14-4-5-17-39(35)48)37-25-27-43-42-19-8-11-23-49(42)54-50(43)33-37/h3-27,32-33H,28-31H2,1-2H3/b13-3-. The summed E-state index contributed by atoms with van der Waals surface area (Å²) in [7, 11) is 0. The molecule has 0 N–H and O–H groups in total. The SMILES string of the molecule is C/C=C\C1=C(C)c2ccccc2C12CCC1(CC2)c2ccccc2-c2ccc(N(c3ccc4c(c3)sc3ccccc34)c3cccc4ccccc34)cc21. The molecular weight excluding hydrogens is 671 g/mol. The van der Waals surface area contributed by atoms with Gasteiger partial charge in [-0.05, 0) is 126 Å². The molecule has 260 valence electrons. The summed E-state index contributed by atoms with van der Waals surface area (Å²) in [4.78, 5) is 2.52. The number of anilines is 3. The van der Waals surface area contributed by atoms with Crippen LogP contribution in [0, 0.1) is 0 Å². The quantitative estimate of drug-likeness (QED) is 0.176. The highest BCUT2D eigenvalue weighted by Gasteiger charge is 2.53. The van der Waals surface area contributed by atoms with Crippen molar-refractivity contribution in [3.05, 3.63) is 192 Å². The highest BCUT2D eigenvalue weighted by Crippen LogP contribution is 2.63. The Morgan fingerprint density at radius 1 is 0.519 bits per heavy atom. The minimum atomic E-state index is -0.0421. The zero-order chi connectivity index (χ0) is 36.0. The van der Waals surface area contributed by atoms with Gasteiger partial charge in [0.1, 0.15) is 0 Å². The Balaban J connectivity index is 1.09. The fraction of sp³-hybridized carbons (Fsp3) is 0.154. The third-order valence-electron chi connectivity index (χ3n) is 13.2. The maximum Gasteiger partial charge on any atom is 0.0540 e. The van der Waals surface area contributed by atoms with Crippen LogP contribution < -0.4 is 4.90 Å². The molecule has 1 aromatic heterocycles. The van der Waals surface area contributed by atoms with Gasteiger partial charge in [-0.25, -0.2) is 0 Å². The summed E-state index contributed by atoms with van der Waals surface area (Å²) in [5, 5.41) is 5.17. The van der Waals surface area contributed by atoms with Crippen molar-refractivity contribution in [2.24, 2.45) is 0 Å². The normalized spacial score (nSPS) is 20.1. The molecule has 1 nitrogen and oxygen atoms in total. The zero-order valence-electron chi connectivity index (χ0n) is 30.8. The molecule has 3 aliphatic rings. The third-order valence-corrected chi connectivity index (χ3v) is 14.3. The van der Waals surface area contributed by atoms with Crippen molar-refractivity contribution in [3.8, 4) is 11.1 Å². The lowest BCUT2D eigenvalue weighted by atomic mass is 9.57. The fourth-order valence-corrected chi connectivity index (χ4v) is 11.9. The van der Waals surface area contributed by atoms with Crippen molar-refractivity contribution in [1.82, 2.24) is 0 Å². The molecule has 7 aromatic carbocycles. The van der Waals surface area contributed by atoms with Crippen LogP contribution in [0.15, 0.2) is 169 Å². The number of allylic oxidation sites excluding steroid dienone is 4. The number of benzene rings is 7. The third kappa shape index (κ3) is 4.38. The van der Waals surface area contributed by atoms with E-state index in [1.54, 1.807) is 0 Å². The second kappa shape index (κ2) is 11.9. The Bertz CT molecular complexity index is 2870. The van der Waals surface area contributed by atoms with Crippen molar-refractivity contribution >= 4 is 64.9 Å². The minimum Gasteiger partial charge on any atom is -0.310 e. The van der Waals surface area contributed by atoms with Gasteiger partial charge in [0.05, 0.1) is 5.69 Å². The Morgan fingerprint density at radius 2 is 1.13 bits per heavy atom. The first-order valence-corrected chi connectivity index (χ1v) is 20.3. The predicted octanol–water partition coefficient (Wildman–Crippen LogP) is 14.8. The van der Waals surface area contributed by atoms with E-state index in [0.29, 0.717) is 0 Å². The highest BCUT2D eigenvalue weighted by molar-refractivity contribution is 7.25. The second-order valence-corrected chi connectivity index (χ2v) is 16.7. The summed E-state index contributed by atoms with van der Waals surface area (Å²) in [5.74, 6) is 0. The Hall–Kier alpha value is -5.70. The highest BCUT2D eigenvalue weighted by atomic mass is 32.1. The number of nitrogens with zero attached hydrogens (tertiary/aromatic N) is 1. The molecule has 11 rings (SSSR count). The van der Waals surface area contributed by atoms with Gasteiger partial charge in [0, 0.05) is 47.8 Å². The minimum absolute atomic E-state index is 0.0421. The molecule has 0 saturated heterocycles. The van der Waals surface area contributed by atoms with Crippen LogP contribution in [0.3, 0.4) is 0 Å². The molecule has 8 aromatic rings. The number of fused-ring (bicyclic) bond motifs is 11. The fourth-order valence-electron chi connectivity index (χ4n) is 10.8. The van der Waals surface area contributed by atoms with Gasteiger partial charge in [-0.3, -0.25) is 0 Å². The Morgan fingerprint density at radius 3 is 1.96 bits per heavy atom. The van der Waals surface area contributed by atoms with Crippen molar-refractivity contribution in [2.75, 3.05) is 4.90 Å². The number of hydrogen-bond acceptors (Lipinski definition) is 2. The van der Waals surface area contributed by atoms with Gasteiger partial charge in [-0.2, -0.15) is 0 Å². The molecule has 3 aliphatic carbocycles. The van der Waals surface area contributed by atoms with E-state index in [2.05, 4.69) is 183 Å². The zero-order valence-corrected chi connectivity index (χ0v) is 31.6. The van der Waals surface area contributed by atoms with Crippen molar-refractivity contribution in [2.45, 2.75) is 50.4 Å². The number of thiophene rings is 1. The van der Waals surface area contributed by atoms with E-state index in [9.17, 15) is 0 Å². The van der Waals surface area contributed by atoms with Gasteiger partial charge < -0.3 is 4.90 Å². The number of hydrogen-bond donors (Lipinski definition) is 0. The van der Waals surface area contributed by atoms with Crippen LogP contribution in [0.25, 0.3) is 47.6 Å². The summed E-state index contributed by atoms with van der Waals surface area (Å²) < 4.78 is 2.65. The summed E-state index contributed by atoms with van der Waals surface area (Å²) in [6.07, 6.45) is 9.17. The summed E-state index contributed by atoms with van der Waals surface area (Å²) >= 11 is 1.89. The van der Waals surface area contributed by atoms with Crippen LogP contribution in [0.4, 0.5) is 17.1 Å². The first kappa shape index (κ1) is 31.8. The average Bonchev–Trinajstić information content (AvgIpc) is 3.80. The number of rotatable bonds is 4. The lowest BCUT2D eigenvalue weighted by Crippen LogP contribution is -2.39. The van der Waals surface area contributed by atoms with Gasteiger partial charge in [0.25, 0.3) is 0 Å². The molecule has 54 heavy (non-hydrogen) atoms. The van der Waals surface area contributed by atoms with Gasteiger partial charge in [0.2, 0.25) is 0 Å². The van der Waals surface area contributed by atoms with E-state index in [-0.39, 0.29) is 10.8 Å². The smallest absolute Gasteiger partial charge is 0.0540 e. The predicted molar refractivity (Wildman–Crippen MR) is 232 cm³/mol. The first-order chi connectivity index (χ1) is 26.6. The van der Waals surface area contributed by atoms with Crippen molar-refractivity contribution in [3.63, 3.8) is 0 Å². The molecule has 0 atom stereocenters. The van der Waals surface area contributed by atoms with Gasteiger partial charge in [0.15, 0.2) is 0 Å². The summed E-state index contributed by atoms with van der Waals surface area (Å²) in [6.45, 7) is 4.52. The molecule has 1 saturated carbocycles. The average molecular weight is 712 g/mol. The largest absolute Gasteiger partial charge is 0.310 e. The second-order valence-electron chi connectivity index (χ2n) is 15.6. The van der Waals surface area contributed by atoms with Gasteiger partial charge >= 0.3 is 0 Å². The molecule has 0 radical (unpaired) electrons. The monoisotopic (exact) mass is 711 g/mol. The topological polar surface area (TPSA) is 3.24 Å². The van der Waals surface area contributed by atoms with E-state index in [1.807, 2.05) is 11.3 Å². The van der Waals surface area contributed by atoms with Crippen LogP contribution in [0.2, 0.25) is 0 Å². The van der Waals surface area contributed by atoms with Crippen molar-refractivity contribution in [1.29, 1.82) is 0 Å². The lowest BCUT2D eigenvalue weighted by molar-refractivity contribution is 0.263. The van der Waals surface area contributed by atoms with Crippen molar-refractivity contribution < 1.29 is 0 Å². The maximum absolute atomic E-state index is 2.57. The van der Waals surface area contributed by atoms with Crippen LogP contribution in [-0.2, 0) is 10.8 Å². The molecule has 0 bridgehead atoms. The van der Waals surface area contributed by atoms with Crippen LogP contribution >= 0.6 is 11.3 Å². The van der Waals surface area contributed by atoms with E-state index >= 15 is 0 Å². The molecule has 1 heterocycles. The van der Waals surface area contributed by atoms with Gasteiger partial charge in [-0.1, -0.05) is 127 Å².